The number of fused-ring (bicyclic) bond motifs is 1. The second-order valence-corrected chi connectivity index (χ2v) is 8.87. The second-order valence-electron chi connectivity index (χ2n) is 8.87. The number of nitrogens with one attached hydrogen (secondary N) is 1. The molecule has 0 spiro atoms. The van der Waals surface area contributed by atoms with E-state index in [4.69, 9.17) is 8.94 Å². The Hall–Kier alpha value is -4.24. The number of para-hydroxylation sites is 1. The fourth-order valence-electron chi connectivity index (χ4n) is 4.43. The summed E-state index contributed by atoms with van der Waals surface area (Å²) in [5.41, 5.74) is 1.79. The third-order valence-corrected chi connectivity index (χ3v) is 6.33. The number of aryl methyl sites for hydroxylation is 1. The van der Waals surface area contributed by atoms with Crippen LogP contribution in [-0.2, 0) is 4.79 Å². The van der Waals surface area contributed by atoms with Gasteiger partial charge in [0.15, 0.2) is 16.8 Å². The van der Waals surface area contributed by atoms with Crippen LogP contribution in [0.25, 0.3) is 22.3 Å². The summed E-state index contributed by atoms with van der Waals surface area (Å²) in [6, 6.07) is 16.1. The highest BCUT2D eigenvalue weighted by atomic mass is 16.5. The number of benzene rings is 2. The number of nitrogens with zero attached hydrogens (tertiary/aromatic N) is 3. The third kappa shape index (κ3) is 4.65. The van der Waals surface area contributed by atoms with Gasteiger partial charge in [-0.2, -0.15) is 0 Å². The topological polar surface area (TPSA) is 109 Å². The molecule has 0 bridgehead atoms. The molecule has 36 heavy (non-hydrogen) atoms. The van der Waals surface area contributed by atoms with Crippen molar-refractivity contribution in [2.24, 2.45) is 0 Å². The molecule has 0 aliphatic carbocycles. The van der Waals surface area contributed by atoms with Crippen molar-refractivity contribution >= 4 is 28.6 Å². The summed E-state index contributed by atoms with van der Waals surface area (Å²) < 4.78 is 11.2. The lowest BCUT2D eigenvalue weighted by atomic mass is 10.0. The number of amides is 2. The Morgan fingerprint density at radius 2 is 1.75 bits per heavy atom. The van der Waals surface area contributed by atoms with Gasteiger partial charge in [-0.1, -0.05) is 41.6 Å². The van der Waals surface area contributed by atoms with Gasteiger partial charge in [-0.15, -0.1) is 0 Å². The highest BCUT2D eigenvalue weighted by molar-refractivity contribution is 6.05. The summed E-state index contributed by atoms with van der Waals surface area (Å²) >= 11 is 0. The van der Waals surface area contributed by atoms with Crippen LogP contribution in [0.15, 0.2) is 68.3 Å². The summed E-state index contributed by atoms with van der Waals surface area (Å²) in [4.78, 5) is 42.6. The average molecular weight is 487 g/mol. The SMILES string of the molecule is Cc1cc(NC(=O)CN2CCN(C(=O)c3cccc4c(=O)c(C)c(-c5ccccc5)oc34)CC2)no1. The molecule has 2 amide bonds. The molecule has 3 heterocycles. The van der Waals surface area contributed by atoms with Gasteiger partial charge in [-0.05, 0) is 26.0 Å². The minimum absolute atomic E-state index is 0.150. The molecular weight excluding hydrogens is 460 g/mol. The lowest BCUT2D eigenvalue weighted by molar-refractivity contribution is -0.117. The molecular formula is C27H26N4O5. The molecule has 0 radical (unpaired) electrons. The van der Waals surface area contributed by atoms with Crippen molar-refractivity contribution in [3.63, 3.8) is 0 Å². The van der Waals surface area contributed by atoms with Crippen molar-refractivity contribution in [2.45, 2.75) is 13.8 Å². The molecule has 0 saturated carbocycles. The van der Waals surface area contributed by atoms with Gasteiger partial charge in [-0.25, -0.2) is 0 Å². The molecule has 5 rings (SSSR count). The van der Waals surface area contributed by atoms with Crippen LogP contribution < -0.4 is 10.7 Å². The predicted octanol–water partition coefficient (Wildman–Crippen LogP) is 3.46. The van der Waals surface area contributed by atoms with E-state index in [1.54, 1.807) is 43.0 Å². The smallest absolute Gasteiger partial charge is 0.257 e. The standard InChI is InChI=1S/C27H26N4O5/c1-17-15-22(29-36-17)28-23(32)16-30-11-13-31(14-12-30)27(34)21-10-6-9-20-24(33)18(2)25(35-26(20)21)19-7-4-3-5-8-19/h3-10,15H,11-14,16H2,1-2H3,(H,28,29,32). The van der Waals surface area contributed by atoms with Crippen LogP contribution in [0.5, 0.6) is 0 Å². The Morgan fingerprint density at radius 3 is 2.44 bits per heavy atom. The Labute approximate surface area is 207 Å². The van der Waals surface area contributed by atoms with Crippen molar-refractivity contribution in [1.29, 1.82) is 0 Å². The first kappa shape index (κ1) is 23.5. The van der Waals surface area contributed by atoms with E-state index >= 15 is 0 Å². The first-order valence-corrected chi connectivity index (χ1v) is 11.8. The lowest BCUT2D eigenvalue weighted by Crippen LogP contribution is -2.50. The van der Waals surface area contributed by atoms with Crippen molar-refractivity contribution in [1.82, 2.24) is 15.0 Å². The van der Waals surface area contributed by atoms with E-state index in [0.717, 1.165) is 5.56 Å². The molecule has 4 aromatic rings. The number of hydrogen-bond acceptors (Lipinski definition) is 7. The van der Waals surface area contributed by atoms with Crippen LogP contribution in [0.4, 0.5) is 5.82 Å². The Morgan fingerprint density at radius 1 is 1.00 bits per heavy atom. The predicted molar refractivity (Wildman–Crippen MR) is 135 cm³/mol. The quantitative estimate of drug-likeness (QED) is 0.460. The number of piperazine rings is 1. The largest absolute Gasteiger partial charge is 0.455 e. The number of anilines is 1. The number of rotatable bonds is 5. The zero-order valence-electron chi connectivity index (χ0n) is 20.1. The maximum absolute atomic E-state index is 13.5. The highest BCUT2D eigenvalue weighted by Gasteiger charge is 2.26. The summed E-state index contributed by atoms with van der Waals surface area (Å²) in [7, 11) is 0. The molecule has 1 aliphatic rings. The summed E-state index contributed by atoms with van der Waals surface area (Å²) in [6.45, 7) is 5.67. The van der Waals surface area contributed by atoms with Crippen molar-refractivity contribution < 1.29 is 18.5 Å². The first-order chi connectivity index (χ1) is 17.4. The number of carbonyl (C=O) groups is 2. The van der Waals surface area contributed by atoms with E-state index < -0.39 is 0 Å². The summed E-state index contributed by atoms with van der Waals surface area (Å²) in [6.07, 6.45) is 0. The van der Waals surface area contributed by atoms with E-state index in [9.17, 15) is 14.4 Å². The van der Waals surface area contributed by atoms with Gasteiger partial charge in [0.2, 0.25) is 5.91 Å². The van der Waals surface area contributed by atoms with Crippen molar-refractivity contribution in [2.75, 3.05) is 38.0 Å². The molecule has 2 aromatic heterocycles. The zero-order valence-corrected chi connectivity index (χ0v) is 20.1. The van der Waals surface area contributed by atoms with Gasteiger partial charge >= 0.3 is 0 Å². The van der Waals surface area contributed by atoms with Crippen LogP contribution in [0.3, 0.4) is 0 Å². The third-order valence-electron chi connectivity index (χ3n) is 6.33. The molecule has 9 nitrogen and oxygen atoms in total. The second kappa shape index (κ2) is 9.79. The first-order valence-electron chi connectivity index (χ1n) is 11.8. The van der Waals surface area contributed by atoms with Gasteiger partial charge in [-0.3, -0.25) is 19.3 Å². The van der Waals surface area contributed by atoms with Crippen LogP contribution in [0.2, 0.25) is 0 Å². The van der Waals surface area contributed by atoms with Crippen molar-refractivity contribution in [3.05, 3.63) is 81.7 Å². The van der Waals surface area contributed by atoms with E-state index in [-0.39, 0.29) is 23.8 Å². The number of hydrogen-bond donors (Lipinski definition) is 1. The molecule has 1 fully saturated rings. The monoisotopic (exact) mass is 486 g/mol. The van der Waals surface area contributed by atoms with Gasteiger partial charge in [0.05, 0.1) is 17.5 Å². The molecule has 0 atom stereocenters. The van der Waals surface area contributed by atoms with Crippen molar-refractivity contribution in [3.8, 4) is 11.3 Å². The molecule has 184 valence electrons. The number of carbonyl (C=O) groups excluding carboxylic acids is 2. The van der Waals surface area contributed by atoms with Crippen LogP contribution >= 0.6 is 0 Å². The maximum Gasteiger partial charge on any atom is 0.257 e. The zero-order chi connectivity index (χ0) is 25.2. The average Bonchev–Trinajstić information content (AvgIpc) is 3.30. The lowest BCUT2D eigenvalue weighted by Gasteiger charge is -2.34. The fraction of sp³-hybridized carbons (Fsp3) is 0.259. The van der Waals surface area contributed by atoms with Gasteiger partial charge in [0.1, 0.15) is 11.5 Å². The summed E-state index contributed by atoms with van der Waals surface area (Å²) in [5, 5.41) is 6.87. The van der Waals surface area contributed by atoms with E-state index in [0.29, 0.717) is 65.6 Å². The molecule has 1 N–H and O–H groups in total. The minimum Gasteiger partial charge on any atom is -0.455 e. The normalized spacial score (nSPS) is 14.2. The Balaban J connectivity index is 1.32. The molecule has 9 heteroatoms. The van der Waals surface area contributed by atoms with Gasteiger partial charge in [0.25, 0.3) is 5.91 Å². The molecule has 1 saturated heterocycles. The fourth-order valence-corrected chi connectivity index (χ4v) is 4.43. The number of aromatic nitrogens is 1. The maximum atomic E-state index is 13.5. The van der Waals surface area contributed by atoms with Crippen LogP contribution in [-0.4, -0.2) is 59.5 Å². The molecule has 1 aliphatic heterocycles. The van der Waals surface area contributed by atoms with Crippen LogP contribution in [0, 0.1) is 13.8 Å². The molecule has 2 aromatic carbocycles. The Kier molecular flexibility index (Phi) is 6.39. The van der Waals surface area contributed by atoms with E-state index in [2.05, 4.69) is 10.5 Å². The minimum atomic E-state index is -0.200. The van der Waals surface area contributed by atoms with E-state index in [1.165, 1.54) is 0 Å². The highest BCUT2D eigenvalue weighted by Crippen LogP contribution is 2.28. The molecule has 0 unspecified atom stereocenters. The van der Waals surface area contributed by atoms with Crippen LogP contribution in [0.1, 0.15) is 21.7 Å². The van der Waals surface area contributed by atoms with E-state index in [1.807, 2.05) is 35.2 Å². The van der Waals surface area contributed by atoms with Gasteiger partial charge < -0.3 is 19.2 Å². The Bertz CT molecular complexity index is 1480. The summed E-state index contributed by atoms with van der Waals surface area (Å²) in [5.74, 6) is 1.07. The van der Waals surface area contributed by atoms with Gasteiger partial charge in [0, 0.05) is 43.4 Å².